The Hall–Kier alpha value is -1.64. The molecule has 1 aromatic carbocycles. The van der Waals surface area contributed by atoms with Gasteiger partial charge in [0.05, 0.1) is 6.61 Å². The maximum absolute atomic E-state index is 13.2. The lowest BCUT2D eigenvalue weighted by Crippen LogP contribution is -2.33. The zero-order valence-corrected chi connectivity index (χ0v) is 14.8. The zero-order chi connectivity index (χ0) is 17.0. The standard InChI is InChI=1S/C20H28O3/c1-5-10-23-20(22)18(16-8-6-7-9-16)19(21)17-14(3)11-13(2)12-15(17)4/h11-12,16,18H,5-10H2,1-4H3. The fraction of sp³-hybridized carbons (Fsp3) is 0.600. The summed E-state index contributed by atoms with van der Waals surface area (Å²) in [6, 6.07) is 4.03. The predicted molar refractivity (Wildman–Crippen MR) is 91.7 cm³/mol. The molecule has 1 aliphatic carbocycles. The first-order valence-electron chi connectivity index (χ1n) is 8.74. The van der Waals surface area contributed by atoms with Crippen molar-refractivity contribution in [2.24, 2.45) is 11.8 Å². The fourth-order valence-corrected chi connectivity index (χ4v) is 3.82. The van der Waals surface area contributed by atoms with Gasteiger partial charge in [-0.25, -0.2) is 0 Å². The predicted octanol–water partition coefficient (Wildman–Crippen LogP) is 4.55. The van der Waals surface area contributed by atoms with Crippen LogP contribution < -0.4 is 0 Å². The number of hydrogen-bond acceptors (Lipinski definition) is 3. The lowest BCUT2D eigenvalue weighted by molar-refractivity contribution is -0.148. The molecule has 0 N–H and O–H groups in total. The fourth-order valence-electron chi connectivity index (χ4n) is 3.82. The second-order valence-electron chi connectivity index (χ2n) is 6.83. The van der Waals surface area contributed by atoms with Crippen LogP contribution in [0.3, 0.4) is 0 Å². The van der Waals surface area contributed by atoms with E-state index in [-0.39, 0.29) is 17.7 Å². The number of carbonyl (C=O) groups is 2. The topological polar surface area (TPSA) is 43.4 Å². The van der Waals surface area contributed by atoms with Gasteiger partial charge in [0.2, 0.25) is 0 Å². The first-order valence-corrected chi connectivity index (χ1v) is 8.74. The highest BCUT2D eigenvalue weighted by Crippen LogP contribution is 2.35. The number of ketones is 1. The number of Topliss-reactive ketones (excluding diaryl/α,β-unsaturated/α-hetero) is 1. The Bertz CT molecular complexity index is 560. The van der Waals surface area contributed by atoms with Gasteiger partial charge in [0.1, 0.15) is 5.92 Å². The van der Waals surface area contributed by atoms with Crippen LogP contribution in [-0.2, 0) is 9.53 Å². The van der Waals surface area contributed by atoms with Gasteiger partial charge in [0, 0.05) is 5.56 Å². The average molecular weight is 316 g/mol. The molecule has 1 saturated carbocycles. The number of rotatable bonds is 6. The minimum absolute atomic E-state index is 0.0481. The minimum Gasteiger partial charge on any atom is -0.465 e. The van der Waals surface area contributed by atoms with Gasteiger partial charge in [0.25, 0.3) is 0 Å². The molecule has 1 unspecified atom stereocenters. The van der Waals surface area contributed by atoms with Crippen LogP contribution in [0.1, 0.15) is 66.1 Å². The highest BCUT2D eigenvalue weighted by Gasteiger charge is 2.38. The summed E-state index contributed by atoms with van der Waals surface area (Å²) in [4.78, 5) is 25.7. The van der Waals surface area contributed by atoms with Crippen LogP contribution in [0.15, 0.2) is 12.1 Å². The number of ether oxygens (including phenoxy) is 1. The van der Waals surface area contributed by atoms with Crippen molar-refractivity contribution in [3.05, 3.63) is 34.4 Å². The van der Waals surface area contributed by atoms with Gasteiger partial charge >= 0.3 is 5.97 Å². The van der Waals surface area contributed by atoms with Gasteiger partial charge in [-0.1, -0.05) is 37.5 Å². The third kappa shape index (κ3) is 4.01. The molecule has 126 valence electrons. The van der Waals surface area contributed by atoms with E-state index in [0.717, 1.165) is 48.8 Å². The van der Waals surface area contributed by atoms with Crippen LogP contribution in [0.25, 0.3) is 0 Å². The molecule has 0 saturated heterocycles. The van der Waals surface area contributed by atoms with E-state index in [9.17, 15) is 9.59 Å². The summed E-state index contributed by atoms with van der Waals surface area (Å²) >= 11 is 0. The summed E-state index contributed by atoms with van der Waals surface area (Å²) in [6.45, 7) is 8.29. The van der Waals surface area contributed by atoms with Crippen molar-refractivity contribution >= 4 is 11.8 Å². The first kappa shape index (κ1) is 17.7. The van der Waals surface area contributed by atoms with E-state index in [1.807, 2.05) is 39.8 Å². The van der Waals surface area contributed by atoms with Crippen LogP contribution >= 0.6 is 0 Å². The van der Waals surface area contributed by atoms with E-state index in [1.54, 1.807) is 0 Å². The molecule has 1 fully saturated rings. The van der Waals surface area contributed by atoms with Crippen molar-refractivity contribution in [3.63, 3.8) is 0 Å². The average Bonchev–Trinajstić information content (AvgIpc) is 2.98. The Labute approximate surface area is 139 Å². The van der Waals surface area contributed by atoms with Crippen LogP contribution in [0.4, 0.5) is 0 Å². The first-order chi connectivity index (χ1) is 11.0. The van der Waals surface area contributed by atoms with Crippen LogP contribution in [0.5, 0.6) is 0 Å². The Morgan fingerprint density at radius 3 is 2.22 bits per heavy atom. The van der Waals surface area contributed by atoms with Crippen molar-refractivity contribution in [1.82, 2.24) is 0 Å². The molecule has 0 radical (unpaired) electrons. The second kappa shape index (κ2) is 7.76. The molecule has 2 rings (SSSR count). The molecule has 3 nitrogen and oxygen atoms in total. The normalized spacial score (nSPS) is 16.3. The van der Waals surface area contributed by atoms with E-state index in [0.29, 0.717) is 12.2 Å². The molecular formula is C20H28O3. The highest BCUT2D eigenvalue weighted by molar-refractivity contribution is 6.10. The lowest BCUT2D eigenvalue weighted by Gasteiger charge is -2.22. The third-order valence-corrected chi connectivity index (χ3v) is 4.78. The summed E-state index contributed by atoms with van der Waals surface area (Å²) in [7, 11) is 0. The Morgan fingerprint density at radius 2 is 1.70 bits per heavy atom. The van der Waals surface area contributed by atoms with E-state index < -0.39 is 5.92 Å². The molecule has 3 heteroatoms. The Balaban J connectivity index is 2.34. The molecule has 23 heavy (non-hydrogen) atoms. The summed E-state index contributed by atoms with van der Waals surface area (Å²) < 4.78 is 5.35. The van der Waals surface area contributed by atoms with Crippen molar-refractivity contribution in [1.29, 1.82) is 0 Å². The quantitative estimate of drug-likeness (QED) is 0.439. The van der Waals surface area contributed by atoms with Crippen molar-refractivity contribution in [2.75, 3.05) is 6.61 Å². The number of carbonyl (C=O) groups excluding carboxylic acids is 2. The smallest absolute Gasteiger partial charge is 0.317 e. The van der Waals surface area contributed by atoms with Gasteiger partial charge in [-0.3, -0.25) is 9.59 Å². The number of hydrogen-bond donors (Lipinski definition) is 0. The Kier molecular flexibility index (Phi) is 5.97. The molecule has 0 aromatic heterocycles. The minimum atomic E-state index is -0.635. The second-order valence-corrected chi connectivity index (χ2v) is 6.83. The SMILES string of the molecule is CCCOC(=O)C(C(=O)c1c(C)cc(C)cc1C)C1CCCC1. The van der Waals surface area contributed by atoms with Crippen LogP contribution in [0.2, 0.25) is 0 Å². The molecule has 0 bridgehead atoms. The number of esters is 1. The van der Waals surface area contributed by atoms with Gasteiger partial charge < -0.3 is 4.74 Å². The number of benzene rings is 1. The van der Waals surface area contributed by atoms with Crippen molar-refractivity contribution in [3.8, 4) is 0 Å². The van der Waals surface area contributed by atoms with E-state index >= 15 is 0 Å². The maximum atomic E-state index is 13.2. The molecule has 0 heterocycles. The largest absolute Gasteiger partial charge is 0.465 e. The summed E-state index contributed by atoms with van der Waals surface area (Å²) in [5, 5.41) is 0. The molecule has 1 aliphatic rings. The van der Waals surface area contributed by atoms with E-state index in [1.165, 1.54) is 0 Å². The monoisotopic (exact) mass is 316 g/mol. The van der Waals surface area contributed by atoms with Gasteiger partial charge in [-0.15, -0.1) is 0 Å². The number of aryl methyl sites for hydroxylation is 3. The zero-order valence-electron chi connectivity index (χ0n) is 14.8. The summed E-state index contributed by atoms with van der Waals surface area (Å²) in [5.74, 6) is -0.882. The van der Waals surface area contributed by atoms with Gasteiger partial charge in [-0.05, 0) is 57.1 Å². The van der Waals surface area contributed by atoms with E-state index in [2.05, 4.69) is 0 Å². The van der Waals surface area contributed by atoms with Crippen molar-refractivity contribution < 1.29 is 14.3 Å². The van der Waals surface area contributed by atoms with Gasteiger partial charge in [0.15, 0.2) is 5.78 Å². The molecule has 1 atom stereocenters. The lowest BCUT2D eigenvalue weighted by atomic mass is 9.82. The maximum Gasteiger partial charge on any atom is 0.317 e. The molecule has 0 spiro atoms. The van der Waals surface area contributed by atoms with Crippen molar-refractivity contribution in [2.45, 2.75) is 59.8 Å². The van der Waals surface area contributed by atoms with Crippen LogP contribution in [-0.4, -0.2) is 18.4 Å². The molecule has 0 amide bonds. The molecule has 0 aliphatic heterocycles. The summed E-state index contributed by atoms with van der Waals surface area (Å²) in [6.07, 6.45) is 4.87. The molecule has 1 aromatic rings. The molecular weight excluding hydrogens is 288 g/mol. The third-order valence-electron chi connectivity index (χ3n) is 4.78. The Morgan fingerprint density at radius 1 is 1.13 bits per heavy atom. The van der Waals surface area contributed by atoms with E-state index in [4.69, 9.17) is 4.74 Å². The van der Waals surface area contributed by atoms with Gasteiger partial charge in [-0.2, -0.15) is 0 Å². The van der Waals surface area contributed by atoms with Crippen LogP contribution in [0, 0.1) is 32.6 Å². The highest BCUT2D eigenvalue weighted by atomic mass is 16.5. The summed E-state index contributed by atoms with van der Waals surface area (Å²) in [5.41, 5.74) is 3.76.